The van der Waals surface area contributed by atoms with Crippen LogP contribution in [0.15, 0.2) is 24.3 Å². The van der Waals surface area contributed by atoms with E-state index in [1.807, 2.05) is 17.6 Å². The van der Waals surface area contributed by atoms with Crippen LogP contribution in [0.1, 0.15) is 37.7 Å². The van der Waals surface area contributed by atoms with Crippen molar-refractivity contribution in [3.05, 3.63) is 41.2 Å². The summed E-state index contributed by atoms with van der Waals surface area (Å²) in [5.74, 6) is 0.459. The number of alkyl halides is 3. The predicted molar refractivity (Wildman–Crippen MR) is 91.7 cm³/mol. The van der Waals surface area contributed by atoms with Gasteiger partial charge in [-0.15, -0.1) is 0 Å². The first-order valence-electron chi connectivity index (χ1n) is 8.43. The van der Waals surface area contributed by atoms with Gasteiger partial charge in [-0.25, -0.2) is 0 Å². The number of ether oxygens (including phenoxy) is 2. The summed E-state index contributed by atoms with van der Waals surface area (Å²) in [5, 5.41) is 9.01. The van der Waals surface area contributed by atoms with Crippen molar-refractivity contribution in [2.75, 3.05) is 6.61 Å². The second kappa shape index (κ2) is 6.19. The number of rotatable bonds is 4. The van der Waals surface area contributed by atoms with Crippen LogP contribution in [0.25, 0.3) is 0 Å². The van der Waals surface area contributed by atoms with E-state index in [4.69, 9.17) is 14.7 Å². The molecule has 0 radical (unpaired) electrons. The molecule has 2 heterocycles. The van der Waals surface area contributed by atoms with Crippen LogP contribution in [-0.2, 0) is 12.0 Å². The first kappa shape index (κ1) is 19.1. The highest BCUT2D eigenvalue weighted by Gasteiger charge is 2.48. The van der Waals surface area contributed by atoms with Crippen molar-refractivity contribution in [2.45, 2.75) is 51.4 Å². The molecule has 1 atom stereocenters. The van der Waals surface area contributed by atoms with Gasteiger partial charge in [0.25, 0.3) is 6.01 Å². The summed E-state index contributed by atoms with van der Waals surface area (Å²) >= 11 is 0. The smallest absolute Gasteiger partial charge is 0.397 e. The Bertz CT molecular complexity index is 895. The van der Waals surface area contributed by atoms with E-state index in [9.17, 15) is 13.2 Å². The highest BCUT2D eigenvalue weighted by molar-refractivity contribution is 5.34. The zero-order chi connectivity index (χ0) is 20.0. The van der Waals surface area contributed by atoms with Gasteiger partial charge in [-0.2, -0.15) is 23.4 Å². The minimum Gasteiger partial charge on any atom is -0.489 e. The van der Waals surface area contributed by atoms with Crippen LogP contribution in [0.4, 0.5) is 13.2 Å². The molecule has 5 nitrogen and oxygen atoms in total. The van der Waals surface area contributed by atoms with E-state index in [0.717, 1.165) is 19.5 Å². The Kier molecular flexibility index (Phi) is 4.37. The van der Waals surface area contributed by atoms with Crippen molar-refractivity contribution in [3.8, 4) is 17.8 Å². The Morgan fingerprint density at radius 1 is 1.30 bits per heavy atom. The second-order valence-corrected chi connectivity index (χ2v) is 7.51. The Hall–Kier alpha value is -2.69. The molecule has 8 heteroatoms. The molecule has 1 aliphatic rings. The van der Waals surface area contributed by atoms with Gasteiger partial charge in [-0.3, -0.25) is 4.57 Å². The molecule has 0 saturated carbocycles. The molecule has 144 valence electrons. The lowest BCUT2D eigenvalue weighted by Gasteiger charge is -2.28. The van der Waals surface area contributed by atoms with Gasteiger partial charge in [-0.1, -0.05) is 12.1 Å². The number of fused-ring (bicyclic) bond motifs is 1. The molecule has 0 unspecified atom stereocenters. The Balaban J connectivity index is 1.67. The lowest BCUT2D eigenvalue weighted by molar-refractivity contribution is -0.180. The van der Waals surface area contributed by atoms with Gasteiger partial charge in [0.05, 0.1) is 17.7 Å². The quantitative estimate of drug-likeness (QED) is 0.801. The minimum absolute atomic E-state index is 0.172. The molecule has 0 bridgehead atoms. The zero-order valence-corrected chi connectivity index (χ0v) is 15.5. The summed E-state index contributed by atoms with van der Waals surface area (Å²) in [5.41, 5.74) is -1.38. The van der Waals surface area contributed by atoms with Gasteiger partial charge in [0, 0.05) is 0 Å². The minimum atomic E-state index is -4.33. The third kappa shape index (κ3) is 3.34. The van der Waals surface area contributed by atoms with Crippen molar-refractivity contribution < 1.29 is 22.6 Å². The van der Waals surface area contributed by atoms with Crippen LogP contribution in [0.2, 0.25) is 0 Å². The number of hydrogen-bond acceptors (Lipinski definition) is 4. The Labute approximate surface area is 155 Å². The summed E-state index contributed by atoms with van der Waals surface area (Å²) in [6, 6.07) is 8.29. The summed E-state index contributed by atoms with van der Waals surface area (Å²) in [6.45, 7) is 6.62. The largest absolute Gasteiger partial charge is 0.489 e. The molecular weight excluding hydrogens is 359 g/mol. The highest BCUT2D eigenvalue weighted by Crippen LogP contribution is 2.40. The SMILES string of the molecule is Cc1c(C#N)nc2n1C[C@@](C)(COc1ccc(C(C)(C)C(F)(F)F)cc1)O2. The van der Waals surface area contributed by atoms with Gasteiger partial charge in [0.2, 0.25) is 0 Å². The van der Waals surface area contributed by atoms with E-state index in [-0.39, 0.29) is 12.2 Å². The molecule has 2 aromatic rings. The lowest BCUT2D eigenvalue weighted by atomic mass is 9.84. The van der Waals surface area contributed by atoms with Crippen molar-refractivity contribution in [1.29, 1.82) is 5.26 Å². The fraction of sp³-hybridized carbons (Fsp3) is 0.474. The van der Waals surface area contributed by atoms with Crippen molar-refractivity contribution in [3.63, 3.8) is 0 Å². The molecule has 1 aliphatic heterocycles. The Morgan fingerprint density at radius 2 is 1.93 bits per heavy atom. The maximum Gasteiger partial charge on any atom is 0.397 e. The topological polar surface area (TPSA) is 60.1 Å². The highest BCUT2D eigenvalue weighted by atomic mass is 19.4. The number of benzene rings is 1. The molecule has 0 amide bonds. The van der Waals surface area contributed by atoms with E-state index < -0.39 is 17.2 Å². The van der Waals surface area contributed by atoms with Crippen molar-refractivity contribution in [2.24, 2.45) is 0 Å². The molecule has 0 aliphatic carbocycles. The lowest BCUT2D eigenvalue weighted by Crippen LogP contribution is -2.38. The average Bonchev–Trinajstić information content (AvgIpc) is 3.07. The molecular formula is C19H20F3N3O2. The van der Waals surface area contributed by atoms with E-state index in [0.29, 0.717) is 24.0 Å². The molecule has 0 saturated heterocycles. The molecule has 1 aromatic carbocycles. The average molecular weight is 379 g/mol. The monoisotopic (exact) mass is 379 g/mol. The summed E-state index contributed by atoms with van der Waals surface area (Å²) in [6.07, 6.45) is -4.33. The first-order valence-corrected chi connectivity index (χ1v) is 8.43. The molecule has 1 aromatic heterocycles. The summed E-state index contributed by atoms with van der Waals surface area (Å²) in [4.78, 5) is 4.14. The fourth-order valence-electron chi connectivity index (χ4n) is 2.91. The van der Waals surface area contributed by atoms with Crippen LogP contribution < -0.4 is 9.47 Å². The third-order valence-electron chi connectivity index (χ3n) is 4.95. The van der Waals surface area contributed by atoms with Gasteiger partial charge in [0.15, 0.2) is 11.3 Å². The maximum atomic E-state index is 13.1. The van der Waals surface area contributed by atoms with Gasteiger partial charge < -0.3 is 9.47 Å². The van der Waals surface area contributed by atoms with Crippen LogP contribution >= 0.6 is 0 Å². The molecule has 0 fully saturated rings. The number of halogens is 3. The zero-order valence-electron chi connectivity index (χ0n) is 15.5. The first-order chi connectivity index (χ1) is 12.5. The van der Waals surface area contributed by atoms with Gasteiger partial charge in [0.1, 0.15) is 18.4 Å². The molecule has 0 N–H and O–H groups in total. The van der Waals surface area contributed by atoms with Crippen molar-refractivity contribution >= 4 is 0 Å². The van der Waals surface area contributed by atoms with Crippen LogP contribution in [-0.4, -0.2) is 27.9 Å². The molecule has 27 heavy (non-hydrogen) atoms. The number of nitriles is 1. The van der Waals surface area contributed by atoms with Crippen molar-refractivity contribution in [1.82, 2.24) is 9.55 Å². The number of hydrogen-bond donors (Lipinski definition) is 0. The fourth-order valence-corrected chi connectivity index (χ4v) is 2.91. The number of imidazole rings is 1. The number of aromatic nitrogens is 2. The van der Waals surface area contributed by atoms with Crippen LogP contribution in [0.5, 0.6) is 11.8 Å². The standard InChI is InChI=1S/C19H20F3N3O2/c1-12-15(9-23)24-16-25(12)10-18(4,27-16)11-26-14-7-5-13(6-8-14)17(2,3)19(20,21)22/h5-8H,10-11H2,1-4H3/t18-/m0/s1. The van der Waals surface area contributed by atoms with Crippen LogP contribution in [0.3, 0.4) is 0 Å². The normalized spacial score (nSPS) is 19.3. The predicted octanol–water partition coefficient (Wildman–Crippen LogP) is 4.13. The Morgan fingerprint density at radius 3 is 2.44 bits per heavy atom. The maximum absolute atomic E-state index is 13.1. The van der Waals surface area contributed by atoms with E-state index in [1.54, 1.807) is 6.92 Å². The van der Waals surface area contributed by atoms with Gasteiger partial charge in [-0.05, 0) is 45.4 Å². The molecule has 3 rings (SSSR count). The number of nitrogens with zero attached hydrogens (tertiary/aromatic N) is 3. The van der Waals surface area contributed by atoms with Crippen LogP contribution in [0, 0.1) is 18.3 Å². The summed E-state index contributed by atoms with van der Waals surface area (Å²) in [7, 11) is 0. The van der Waals surface area contributed by atoms with E-state index in [1.165, 1.54) is 24.3 Å². The third-order valence-corrected chi connectivity index (χ3v) is 4.95. The van der Waals surface area contributed by atoms with Gasteiger partial charge >= 0.3 is 6.18 Å². The molecule has 0 spiro atoms. The van der Waals surface area contributed by atoms with E-state index >= 15 is 0 Å². The van der Waals surface area contributed by atoms with E-state index in [2.05, 4.69) is 4.98 Å². The summed E-state index contributed by atoms with van der Waals surface area (Å²) < 4.78 is 52.8. The second-order valence-electron chi connectivity index (χ2n) is 7.51.